The number of nitrogens with zero attached hydrogens (tertiary/aromatic N) is 2. The van der Waals surface area contributed by atoms with Gasteiger partial charge in [-0.15, -0.1) is 0 Å². The summed E-state index contributed by atoms with van der Waals surface area (Å²) in [5.41, 5.74) is 0.418. The minimum absolute atomic E-state index is 0.114. The number of hydrogen-bond donors (Lipinski definition) is 3. The van der Waals surface area contributed by atoms with E-state index >= 15 is 0 Å². The Bertz CT molecular complexity index is 714. The van der Waals surface area contributed by atoms with Crippen LogP contribution in [0.2, 0.25) is 0 Å². The van der Waals surface area contributed by atoms with Gasteiger partial charge in [0.1, 0.15) is 11.5 Å². The molecule has 9 nitrogen and oxygen atoms in total. The topological polar surface area (TPSA) is 126 Å². The number of hydrogen-bond acceptors (Lipinski definition) is 6. The summed E-state index contributed by atoms with van der Waals surface area (Å²) in [7, 11) is 0. The third-order valence-corrected chi connectivity index (χ3v) is 2.90. The van der Waals surface area contributed by atoms with Crippen molar-refractivity contribution in [2.45, 2.75) is 6.92 Å². The summed E-state index contributed by atoms with van der Waals surface area (Å²) in [6, 6.07) is 6.49. The van der Waals surface area contributed by atoms with Gasteiger partial charge in [0, 0.05) is 25.4 Å². The number of carbonyl (C=O) groups excluding carboxylic acids is 3. The first-order valence-electron chi connectivity index (χ1n) is 7.23. The van der Waals surface area contributed by atoms with Crippen LogP contribution < -0.4 is 16.0 Å². The van der Waals surface area contributed by atoms with Crippen LogP contribution in [0.15, 0.2) is 35.0 Å². The summed E-state index contributed by atoms with van der Waals surface area (Å²) in [6.45, 7) is 1.95. The molecule has 0 aliphatic carbocycles. The zero-order valence-electron chi connectivity index (χ0n) is 13.0. The van der Waals surface area contributed by atoms with Crippen molar-refractivity contribution in [1.29, 1.82) is 0 Å². The number of nitrogens with one attached hydrogen (secondary N) is 3. The van der Waals surface area contributed by atoms with E-state index in [1.165, 1.54) is 12.3 Å². The fraction of sp³-hybridized carbons (Fsp3) is 0.267. The number of aromatic nitrogens is 2. The molecule has 9 heteroatoms. The molecular formula is C15H17N5O4. The molecule has 126 valence electrons. The molecule has 0 atom stereocenters. The maximum Gasteiger partial charge on any atom is 0.273 e. The average molecular weight is 331 g/mol. The predicted molar refractivity (Wildman–Crippen MR) is 83.2 cm³/mol. The second-order valence-corrected chi connectivity index (χ2v) is 4.83. The van der Waals surface area contributed by atoms with Crippen LogP contribution in [0.1, 0.15) is 26.7 Å². The quantitative estimate of drug-likeness (QED) is 0.596. The number of pyridine rings is 1. The zero-order chi connectivity index (χ0) is 17.4. The van der Waals surface area contributed by atoms with Crippen LogP contribution in [0.5, 0.6) is 0 Å². The molecule has 2 rings (SSSR count). The van der Waals surface area contributed by atoms with Gasteiger partial charge >= 0.3 is 0 Å². The van der Waals surface area contributed by atoms with E-state index in [-0.39, 0.29) is 37.1 Å². The van der Waals surface area contributed by atoms with Gasteiger partial charge in [0.25, 0.3) is 11.8 Å². The Morgan fingerprint density at radius 2 is 1.79 bits per heavy atom. The third kappa shape index (κ3) is 5.20. The fourth-order valence-corrected chi connectivity index (χ4v) is 1.75. The Hall–Kier alpha value is -3.23. The maximum absolute atomic E-state index is 11.7. The first-order valence-corrected chi connectivity index (χ1v) is 7.23. The lowest BCUT2D eigenvalue weighted by atomic mass is 10.3. The lowest BCUT2D eigenvalue weighted by Crippen LogP contribution is -2.40. The van der Waals surface area contributed by atoms with Gasteiger partial charge in [0.2, 0.25) is 5.91 Å². The van der Waals surface area contributed by atoms with Crippen LogP contribution >= 0.6 is 0 Å². The zero-order valence-corrected chi connectivity index (χ0v) is 13.0. The highest BCUT2D eigenvalue weighted by Gasteiger charge is 2.12. The minimum atomic E-state index is -0.495. The van der Waals surface area contributed by atoms with E-state index < -0.39 is 5.91 Å². The van der Waals surface area contributed by atoms with E-state index in [9.17, 15) is 14.4 Å². The van der Waals surface area contributed by atoms with Crippen molar-refractivity contribution in [3.05, 3.63) is 47.6 Å². The molecule has 2 aromatic rings. The molecule has 24 heavy (non-hydrogen) atoms. The number of rotatable bonds is 7. The molecule has 0 aliphatic heterocycles. The average Bonchev–Trinajstić information content (AvgIpc) is 3.03. The molecule has 0 aromatic carbocycles. The van der Waals surface area contributed by atoms with Gasteiger partial charge in [0.15, 0.2) is 5.69 Å². The normalized spacial score (nSPS) is 10.0. The van der Waals surface area contributed by atoms with Crippen molar-refractivity contribution in [1.82, 2.24) is 26.1 Å². The molecule has 3 amide bonds. The van der Waals surface area contributed by atoms with Crippen molar-refractivity contribution in [2.75, 3.05) is 19.6 Å². The molecule has 0 unspecified atom stereocenters. The van der Waals surface area contributed by atoms with Gasteiger partial charge in [0.05, 0.1) is 6.54 Å². The predicted octanol–water partition coefficient (Wildman–Crippen LogP) is -0.346. The lowest BCUT2D eigenvalue weighted by molar-refractivity contribution is -0.120. The Morgan fingerprint density at radius 1 is 1.04 bits per heavy atom. The summed E-state index contributed by atoms with van der Waals surface area (Å²) >= 11 is 0. The van der Waals surface area contributed by atoms with E-state index in [2.05, 4.69) is 26.1 Å². The van der Waals surface area contributed by atoms with E-state index in [1.807, 2.05) is 0 Å². The van der Waals surface area contributed by atoms with Crippen LogP contribution in [0.4, 0.5) is 0 Å². The fourth-order valence-electron chi connectivity index (χ4n) is 1.75. The van der Waals surface area contributed by atoms with Crippen molar-refractivity contribution < 1.29 is 18.9 Å². The Balaban J connectivity index is 1.61. The minimum Gasteiger partial charge on any atom is -0.361 e. The lowest BCUT2D eigenvalue weighted by Gasteiger charge is -2.07. The van der Waals surface area contributed by atoms with E-state index in [0.29, 0.717) is 11.5 Å². The third-order valence-electron chi connectivity index (χ3n) is 2.90. The van der Waals surface area contributed by atoms with Crippen molar-refractivity contribution in [3.8, 4) is 0 Å². The van der Waals surface area contributed by atoms with E-state index in [0.717, 1.165) is 0 Å². The van der Waals surface area contributed by atoms with Crippen LogP contribution in [-0.4, -0.2) is 47.5 Å². The van der Waals surface area contributed by atoms with Gasteiger partial charge < -0.3 is 20.5 Å². The monoisotopic (exact) mass is 331 g/mol. The van der Waals surface area contributed by atoms with Gasteiger partial charge in [-0.05, 0) is 19.1 Å². The smallest absolute Gasteiger partial charge is 0.273 e. The molecule has 2 aromatic heterocycles. The molecular weight excluding hydrogens is 314 g/mol. The van der Waals surface area contributed by atoms with Crippen LogP contribution in [0.3, 0.4) is 0 Å². The Morgan fingerprint density at radius 3 is 2.46 bits per heavy atom. The first kappa shape index (κ1) is 17.1. The summed E-state index contributed by atoms with van der Waals surface area (Å²) in [6.07, 6.45) is 1.52. The summed E-state index contributed by atoms with van der Waals surface area (Å²) in [4.78, 5) is 38.9. The van der Waals surface area contributed by atoms with E-state index in [4.69, 9.17) is 4.52 Å². The maximum atomic E-state index is 11.7. The van der Waals surface area contributed by atoms with Crippen molar-refractivity contribution in [2.24, 2.45) is 0 Å². The highest BCUT2D eigenvalue weighted by molar-refractivity contribution is 5.94. The number of aryl methyl sites for hydroxylation is 1. The molecule has 2 heterocycles. The molecule has 0 saturated carbocycles. The SMILES string of the molecule is Cc1cc(C(=O)NCC(=O)NCCNC(=O)c2ccccn2)no1. The van der Waals surface area contributed by atoms with Crippen LogP contribution in [-0.2, 0) is 4.79 Å². The van der Waals surface area contributed by atoms with Gasteiger partial charge in [-0.3, -0.25) is 19.4 Å². The molecule has 0 aliphatic rings. The standard InChI is InChI=1S/C15H17N5O4/c1-10-8-12(20-24-10)15(23)19-9-13(21)17-6-7-18-14(22)11-4-2-3-5-16-11/h2-5,8H,6-7,9H2,1H3,(H,17,21)(H,18,22)(H,19,23). The summed E-state index contributed by atoms with van der Waals surface area (Å²) in [5, 5.41) is 11.2. The van der Waals surface area contributed by atoms with Crippen LogP contribution in [0.25, 0.3) is 0 Å². The summed E-state index contributed by atoms with van der Waals surface area (Å²) in [5.74, 6) is -0.686. The first-order chi connectivity index (χ1) is 11.6. The molecule has 0 radical (unpaired) electrons. The van der Waals surface area contributed by atoms with Gasteiger partial charge in [-0.1, -0.05) is 11.2 Å². The van der Waals surface area contributed by atoms with Crippen molar-refractivity contribution in [3.63, 3.8) is 0 Å². The van der Waals surface area contributed by atoms with Crippen molar-refractivity contribution >= 4 is 17.7 Å². The molecule has 3 N–H and O–H groups in total. The number of carbonyl (C=O) groups is 3. The van der Waals surface area contributed by atoms with Gasteiger partial charge in [-0.2, -0.15) is 0 Å². The Labute approximate surface area is 137 Å². The summed E-state index contributed by atoms with van der Waals surface area (Å²) < 4.78 is 4.77. The van der Waals surface area contributed by atoms with Crippen LogP contribution in [0, 0.1) is 6.92 Å². The highest BCUT2D eigenvalue weighted by atomic mass is 16.5. The van der Waals surface area contributed by atoms with E-state index in [1.54, 1.807) is 25.1 Å². The Kier molecular flexibility index (Phi) is 6.01. The largest absolute Gasteiger partial charge is 0.361 e. The second kappa shape index (κ2) is 8.42. The molecule has 0 fully saturated rings. The molecule has 0 bridgehead atoms. The van der Waals surface area contributed by atoms with Gasteiger partial charge in [-0.25, -0.2) is 0 Å². The molecule has 0 spiro atoms. The number of amides is 3. The highest BCUT2D eigenvalue weighted by Crippen LogP contribution is 2.00. The molecule has 0 saturated heterocycles. The second-order valence-electron chi connectivity index (χ2n) is 4.83.